The molecule has 0 fully saturated rings. The van der Waals surface area contributed by atoms with Crippen LogP contribution >= 0.6 is 22.7 Å². The Hall–Kier alpha value is -2.44. The second-order valence-corrected chi connectivity index (χ2v) is 8.23. The Morgan fingerprint density at radius 1 is 1.23 bits per heavy atom. The molecule has 0 saturated heterocycles. The van der Waals surface area contributed by atoms with Crippen LogP contribution in [0.1, 0.15) is 44.3 Å². The molecule has 0 radical (unpaired) electrons. The molecule has 2 N–H and O–H groups in total. The van der Waals surface area contributed by atoms with Crippen molar-refractivity contribution < 1.29 is 9.59 Å². The van der Waals surface area contributed by atoms with E-state index in [4.69, 9.17) is 0 Å². The summed E-state index contributed by atoms with van der Waals surface area (Å²) in [6.07, 6.45) is 0.417. The molecular formula is C20H18N2O2S2. The lowest BCUT2D eigenvalue weighted by Gasteiger charge is -2.23. The third kappa shape index (κ3) is 2.95. The average molecular weight is 383 g/mol. The van der Waals surface area contributed by atoms with Crippen molar-refractivity contribution in [2.45, 2.75) is 26.2 Å². The zero-order valence-electron chi connectivity index (χ0n) is 14.5. The first-order valence-corrected chi connectivity index (χ1v) is 10.1. The third-order valence-electron chi connectivity index (χ3n) is 4.73. The van der Waals surface area contributed by atoms with Gasteiger partial charge in [-0.05, 0) is 59.0 Å². The Labute approximate surface area is 159 Å². The monoisotopic (exact) mass is 382 g/mol. The molecule has 6 heteroatoms. The van der Waals surface area contributed by atoms with Crippen molar-refractivity contribution in [3.8, 4) is 0 Å². The van der Waals surface area contributed by atoms with Gasteiger partial charge in [-0.25, -0.2) is 0 Å². The zero-order chi connectivity index (χ0) is 18.3. The molecule has 2 amide bonds. The molecule has 26 heavy (non-hydrogen) atoms. The van der Waals surface area contributed by atoms with Gasteiger partial charge >= 0.3 is 0 Å². The summed E-state index contributed by atoms with van der Waals surface area (Å²) in [5.41, 5.74) is 4.99. The predicted molar refractivity (Wildman–Crippen MR) is 108 cm³/mol. The first kappa shape index (κ1) is 17.0. The maximum atomic E-state index is 12.9. The SMILES string of the molecule is Cc1ccccc1NC(=O)c1sc2c(c1C)C(c1ccsc1)CC(=O)N2. The fourth-order valence-electron chi connectivity index (χ4n) is 3.37. The molecule has 0 bridgehead atoms. The van der Waals surface area contributed by atoms with Crippen LogP contribution in [0.5, 0.6) is 0 Å². The van der Waals surface area contributed by atoms with E-state index in [1.165, 1.54) is 11.3 Å². The minimum Gasteiger partial charge on any atom is -0.321 e. The van der Waals surface area contributed by atoms with E-state index in [-0.39, 0.29) is 17.7 Å². The smallest absolute Gasteiger partial charge is 0.266 e. The van der Waals surface area contributed by atoms with Gasteiger partial charge in [0.25, 0.3) is 5.91 Å². The molecule has 0 saturated carbocycles. The van der Waals surface area contributed by atoms with Gasteiger partial charge in [0.1, 0.15) is 0 Å². The fourth-order valence-corrected chi connectivity index (χ4v) is 5.27. The predicted octanol–water partition coefficient (Wildman–Crippen LogP) is 5.15. The summed E-state index contributed by atoms with van der Waals surface area (Å²) >= 11 is 2.98. The minimum absolute atomic E-state index is 0.000752. The van der Waals surface area contributed by atoms with E-state index in [1.54, 1.807) is 11.3 Å². The number of carbonyl (C=O) groups excluding carboxylic acids is 2. The van der Waals surface area contributed by atoms with Gasteiger partial charge in [-0.3, -0.25) is 9.59 Å². The Morgan fingerprint density at radius 3 is 2.77 bits per heavy atom. The third-order valence-corrected chi connectivity index (χ3v) is 6.65. The van der Waals surface area contributed by atoms with Crippen LogP contribution in [0, 0.1) is 13.8 Å². The van der Waals surface area contributed by atoms with Crippen molar-refractivity contribution in [3.63, 3.8) is 0 Å². The van der Waals surface area contributed by atoms with Crippen molar-refractivity contribution in [1.29, 1.82) is 0 Å². The lowest BCUT2D eigenvalue weighted by molar-refractivity contribution is -0.116. The average Bonchev–Trinajstić information content (AvgIpc) is 3.25. The summed E-state index contributed by atoms with van der Waals surface area (Å²) in [6.45, 7) is 3.94. The van der Waals surface area contributed by atoms with E-state index in [9.17, 15) is 9.59 Å². The molecule has 132 valence electrons. The number of rotatable bonds is 3. The highest BCUT2D eigenvalue weighted by atomic mass is 32.1. The number of carbonyl (C=O) groups is 2. The van der Waals surface area contributed by atoms with Crippen LogP contribution in [0.3, 0.4) is 0 Å². The number of hydrogen-bond acceptors (Lipinski definition) is 4. The summed E-state index contributed by atoms with van der Waals surface area (Å²) in [5.74, 6) is -0.114. The van der Waals surface area contributed by atoms with Gasteiger partial charge in [0.05, 0.1) is 9.88 Å². The second kappa shape index (κ2) is 6.70. The van der Waals surface area contributed by atoms with E-state index in [0.29, 0.717) is 11.3 Å². The molecule has 4 rings (SSSR count). The molecule has 1 aromatic carbocycles. The number of hydrogen-bond donors (Lipinski definition) is 2. The van der Waals surface area contributed by atoms with Gasteiger partial charge in [-0.15, -0.1) is 11.3 Å². The number of fused-ring (bicyclic) bond motifs is 1. The molecule has 0 spiro atoms. The topological polar surface area (TPSA) is 58.2 Å². The Bertz CT molecular complexity index is 989. The second-order valence-electron chi connectivity index (χ2n) is 6.43. The highest BCUT2D eigenvalue weighted by molar-refractivity contribution is 7.18. The summed E-state index contributed by atoms with van der Waals surface area (Å²) in [4.78, 5) is 25.7. The Kier molecular flexibility index (Phi) is 4.38. The van der Waals surface area contributed by atoms with E-state index in [1.807, 2.05) is 43.5 Å². The lowest BCUT2D eigenvalue weighted by Crippen LogP contribution is -2.22. The number of aryl methyl sites for hydroxylation is 1. The lowest BCUT2D eigenvalue weighted by atomic mass is 9.86. The summed E-state index contributed by atoms with van der Waals surface area (Å²) in [6, 6.07) is 9.77. The standard InChI is InChI=1S/C20H18N2O2S2/c1-11-5-3-4-6-15(11)21-19(24)18-12(2)17-14(13-7-8-25-10-13)9-16(23)22-20(17)26-18/h3-8,10,14H,9H2,1-2H3,(H,21,24)(H,22,23). The first-order valence-electron chi connectivity index (χ1n) is 8.37. The largest absolute Gasteiger partial charge is 0.321 e. The number of amides is 2. The Morgan fingerprint density at radius 2 is 2.04 bits per heavy atom. The Balaban J connectivity index is 1.71. The molecule has 3 aromatic rings. The molecule has 1 unspecified atom stereocenters. The van der Waals surface area contributed by atoms with Crippen LogP contribution in [0.2, 0.25) is 0 Å². The number of anilines is 2. The number of para-hydroxylation sites is 1. The summed E-state index contributed by atoms with van der Waals surface area (Å²) < 4.78 is 0. The minimum atomic E-state index is -0.130. The highest BCUT2D eigenvalue weighted by Gasteiger charge is 2.33. The number of benzene rings is 1. The van der Waals surface area contributed by atoms with Crippen molar-refractivity contribution in [1.82, 2.24) is 0 Å². The van der Waals surface area contributed by atoms with E-state index in [2.05, 4.69) is 22.1 Å². The molecule has 1 aliphatic rings. The van der Waals surface area contributed by atoms with Gasteiger partial charge < -0.3 is 10.6 Å². The molecule has 4 nitrogen and oxygen atoms in total. The maximum Gasteiger partial charge on any atom is 0.266 e. The molecular weight excluding hydrogens is 364 g/mol. The van der Waals surface area contributed by atoms with Crippen LogP contribution in [-0.2, 0) is 4.79 Å². The normalized spacial score (nSPS) is 16.1. The maximum absolute atomic E-state index is 12.9. The van der Waals surface area contributed by atoms with Gasteiger partial charge in [0, 0.05) is 18.0 Å². The summed E-state index contributed by atoms with van der Waals surface area (Å²) in [7, 11) is 0. The van der Waals surface area contributed by atoms with E-state index in [0.717, 1.165) is 32.9 Å². The van der Waals surface area contributed by atoms with Crippen molar-refractivity contribution in [2.75, 3.05) is 10.6 Å². The van der Waals surface area contributed by atoms with Gasteiger partial charge in [0.15, 0.2) is 0 Å². The van der Waals surface area contributed by atoms with Crippen molar-refractivity contribution in [3.05, 3.63) is 68.2 Å². The molecule has 1 aliphatic heterocycles. The number of thiophene rings is 2. The van der Waals surface area contributed by atoms with Gasteiger partial charge in [-0.2, -0.15) is 11.3 Å². The van der Waals surface area contributed by atoms with Crippen molar-refractivity contribution in [2.24, 2.45) is 0 Å². The van der Waals surface area contributed by atoms with Gasteiger partial charge in [-0.1, -0.05) is 18.2 Å². The van der Waals surface area contributed by atoms with E-state index >= 15 is 0 Å². The quantitative estimate of drug-likeness (QED) is 0.658. The summed E-state index contributed by atoms with van der Waals surface area (Å²) in [5, 5.41) is 10.8. The molecule has 0 aliphatic carbocycles. The number of nitrogens with one attached hydrogen (secondary N) is 2. The van der Waals surface area contributed by atoms with Crippen LogP contribution in [0.15, 0.2) is 41.1 Å². The first-order chi connectivity index (χ1) is 12.5. The van der Waals surface area contributed by atoms with Crippen molar-refractivity contribution >= 4 is 45.2 Å². The zero-order valence-corrected chi connectivity index (χ0v) is 16.1. The van der Waals surface area contributed by atoms with Crippen LogP contribution < -0.4 is 10.6 Å². The van der Waals surface area contributed by atoms with E-state index < -0.39 is 0 Å². The molecule has 3 heterocycles. The molecule has 1 atom stereocenters. The fraction of sp³-hybridized carbons (Fsp3) is 0.200. The molecule has 2 aromatic heterocycles. The van der Waals surface area contributed by atoms with Crippen LogP contribution in [0.4, 0.5) is 10.7 Å². The van der Waals surface area contributed by atoms with Crippen LogP contribution in [-0.4, -0.2) is 11.8 Å². The van der Waals surface area contributed by atoms with Gasteiger partial charge in [0.2, 0.25) is 5.91 Å². The van der Waals surface area contributed by atoms with Crippen LogP contribution in [0.25, 0.3) is 0 Å². The highest BCUT2D eigenvalue weighted by Crippen LogP contribution is 2.45.